The molecule has 0 fully saturated rings. The standard InChI is InChI=1S/C14H10Cl2OS/c1-7-3-4-12-11(5-7)17-13-10(16)6-9(15)8(2)14(13)18-12/h3-6H,1-2H3. The van der Waals surface area contributed by atoms with E-state index >= 15 is 0 Å². The fourth-order valence-electron chi connectivity index (χ4n) is 1.89. The second-order valence-electron chi connectivity index (χ2n) is 4.28. The van der Waals surface area contributed by atoms with Crippen LogP contribution in [0.15, 0.2) is 34.1 Å². The molecule has 0 saturated carbocycles. The van der Waals surface area contributed by atoms with Gasteiger partial charge in [-0.1, -0.05) is 41.0 Å². The highest BCUT2D eigenvalue weighted by Crippen LogP contribution is 2.52. The van der Waals surface area contributed by atoms with Gasteiger partial charge in [0.2, 0.25) is 0 Å². The lowest BCUT2D eigenvalue weighted by Crippen LogP contribution is -1.98. The fourth-order valence-corrected chi connectivity index (χ4v) is 3.57. The highest BCUT2D eigenvalue weighted by atomic mass is 35.5. The Morgan fingerprint density at radius 3 is 2.61 bits per heavy atom. The number of benzene rings is 2. The zero-order valence-electron chi connectivity index (χ0n) is 9.88. The van der Waals surface area contributed by atoms with Crippen LogP contribution in [-0.4, -0.2) is 0 Å². The minimum Gasteiger partial charge on any atom is -0.453 e. The molecule has 0 aromatic heterocycles. The quantitative estimate of drug-likeness (QED) is 0.513. The fraction of sp³-hybridized carbons (Fsp3) is 0.143. The van der Waals surface area contributed by atoms with Crippen molar-refractivity contribution in [1.29, 1.82) is 0 Å². The molecule has 0 unspecified atom stereocenters. The molecule has 92 valence electrons. The summed E-state index contributed by atoms with van der Waals surface area (Å²) < 4.78 is 5.91. The summed E-state index contributed by atoms with van der Waals surface area (Å²) in [5.74, 6) is 1.57. The summed E-state index contributed by atoms with van der Waals surface area (Å²) in [4.78, 5) is 2.10. The Morgan fingerprint density at radius 1 is 1.06 bits per heavy atom. The lowest BCUT2D eigenvalue weighted by Gasteiger charge is -2.23. The van der Waals surface area contributed by atoms with Crippen LogP contribution >= 0.6 is 35.0 Å². The first-order chi connectivity index (χ1) is 8.56. The Labute approximate surface area is 120 Å². The summed E-state index contributed by atoms with van der Waals surface area (Å²) in [6.45, 7) is 4.02. The smallest absolute Gasteiger partial charge is 0.160 e. The molecule has 0 spiro atoms. The third-order valence-corrected chi connectivity index (χ3v) is 4.82. The van der Waals surface area contributed by atoms with E-state index in [2.05, 4.69) is 12.1 Å². The number of aryl methyl sites for hydroxylation is 1. The van der Waals surface area contributed by atoms with Crippen molar-refractivity contribution in [2.75, 3.05) is 0 Å². The van der Waals surface area contributed by atoms with Crippen LogP contribution in [0.25, 0.3) is 0 Å². The Balaban J connectivity index is 2.19. The van der Waals surface area contributed by atoms with E-state index in [4.69, 9.17) is 27.9 Å². The van der Waals surface area contributed by atoms with Crippen molar-refractivity contribution in [2.45, 2.75) is 23.6 Å². The van der Waals surface area contributed by atoms with Gasteiger partial charge in [0, 0.05) is 5.02 Å². The van der Waals surface area contributed by atoms with E-state index in [0.717, 1.165) is 21.1 Å². The Kier molecular flexibility index (Phi) is 2.97. The first kappa shape index (κ1) is 12.2. The van der Waals surface area contributed by atoms with Crippen molar-refractivity contribution in [2.24, 2.45) is 0 Å². The monoisotopic (exact) mass is 296 g/mol. The normalized spacial score (nSPS) is 12.7. The highest BCUT2D eigenvalue weighted by molar-refractivity contribution is 7.99. The molecular formula is C14H10Cl2OS. The molecule has 0 amide bonds. The SMILES string of the molecule is Cc1ccc2c(c1)Oc1c(Cl)cc(Cl)c(C)c1S2. The van der Waals surface area contributed by atoms with Crippen LogP contribution < -0.4 is 4.74 Å². The molecule has 4 heteroatoms. The number of halogens is 2. The second kappa shape index (κ2) is 4.37. The molecule has 0 bridgehead atoms. The van der Waals surface area contributed by atoms with Gasteiger partial charge in [-0.3, -0.25) is 0 Å². The van der Waals surface area contributed by atoms with Crippen LogP contribution in [0.5, 0.6) is 11.5 Å². The van der Waals surface area contributed by atoms with Gasteiger partial charge in [0.25, 0.3) is 0 Å². The Bertz CT molecular complexity index is 653. The number of rotatable bonds is 0. The third-order valence-electron chi connectivity index (χ3n) is 2.90. The summed E-state index contributed by atoms with van der Waals surface area (Å²) in [6, 6.07) is 7.89. The molecule has 1 heterocycles. The molecule has 2 aromatic carbocycles. The van der Waals surface area contributed by atoms with E-state index in [1.54, 1.807) is 17.8 Å². The van der Waals surface area contributed by atoms with Crippen molar-refractivity contribution < 1.29 is 4.74 Å². The maximum atomic E-state index is 6.20. The minimum absolute atomic E-state index is 0.556. The van der Waals surface area contributed by atoms with Gasteiger partial charge in [0.15, 0.2) is 5.75 Å². The summed E-state index contributed by atoms with van der Waals surface area (Å²) in [5, 5.41) is 1.23. The van der Waals surface area contributed by atoms with Crippen LogP contribution in [0.2, 0.25) is 10.0 Å². The topological polar surface area (TPSA) is 9.23 Å². The van der Waals surface area contributed by atoms with Crippen LogP contribution in [-0.2, 0) is 0 Å². The molecule has 18 heavy (non-hydrogen) atoms. The molecule has 1 nitrogen and oxygen atoms in total. The van der Waals surface area contributed by atoms with E-state index in [0.29, 0.717) is 15.8 Å². The lowest BCUT2D eigenvalue weighted by molar-refractivity contribution is 0.453. The molecule has 0 aliphatic carbocycles. The predicted octanol–water partition coefficient (Wildman–Crippen LogP) is 5.87. The van der Waals surface area contributed by atoms with Crippen molar-refractivity contribution in [3.63, 3.8) is 0 Å². The second-order valence-corrected chi connectivity index (χ2v) is 6.14. The average Bonchev–Trinajstić information content (AvgIpc) is 2.34. The van der Waals surface area contributed by atoms with E-state index in [-0.39, 0.29) is 0 Å². The van der Waals surface area contributed by atoms with E-state index in [9.17, 15) is 0 Å². The van der Waals surface area contributed by atoms with Gasteiger partial charge in [-0.15, -0.1) is 0 Å². The Morgan fingerprint density at radius 2 is 1.83 bits per heavy atom. The molecule has 0 radical (unpaired) electrons. The third kappa shape index (κ3) is 1.89. The van der Waals surface area contributed by atoms with Crippen LogP contribution in [0, 0.1) is 13.8 Å². The zero-order valence-corrected chi connectivity index (χ0v) is 12.2. The van der Waals surface area contributed by atoms with Crippen molar-refractivity contribution in [3.8, 4) is 11.5 Å². The minimum atomic E-state index is 0.556. The van der Waals surface area contributed by atoms with Gasteiger partial charge in [0.05, 0.1) is 14.8 Å². The van der Waals surface area contributed by atoms with E-state index in [1.165, 1.54) is 5.56 Å². The summed E-state index contributed by atoms with van der Waals surface area (Å²) in [6.07, 6.45) is 0. The van der Waals surface area contributed by atoms with E-state index < -0.39 is 0 Å². The number of fused-ring (bicyclic) bond motifs is 2. The summed E-state index contributed by atoms with van der Waals surface area (Å²) in [7, 11) is 0. The van der Waals surface area contributed by atoms with Gasteiger partial charge in [0.1, 0.15) is 5.75 Å². The van der Waals surface area contributed by atoms with Gasteiger partial charge in [-0.25, -0.2) is 0 Å². The largest absolute Gasteiger partial charge is 0.453 e. The molecule has 0 N–H and O–H groups in total. The maximum absolute atomic E-state index is 6.20. The molecular weight excluding hydrogens is 287 g/mol. The zero-order chi connectivity index (χ0) is 12.9. The molecule has 2 aromatic rings. The van der Waals surface area contributed by atoms with Crippen molar-refractivity contribution >= 4 is 35.0 Å². The first-order valence-corrected chi connectivity index (χ1v) is 7.08. The Hall–Kier alpha value is -0.830. The molecule has 1 aliphatic rings. The van der Waals surface area contributed by atoms with Gasteiger partial charge >= 0.3 is 0 Å². The van der Waals surface area contributed by atoms with Gasteiger partial charge in [-0.05, 0) is 43.2 Å². The number of hydrogen-bond donors (Lipinski definition) is 0. The molecule has 0 atom stereocenters. The molecule has 1 aliphatic heterocycles. The summed E-state index contributed by atoms with van der Waals surface area (Å²) >= 11 is 14.0. The highest BCUT2D eigenvalue weighted by Gasteiger charge is 2.23. The molecule has 3 rings (SSSR count). The number of hydrogen-bond acceptors (Lipinski definition) is 2. The van der Waals surface area contributed by atoms with Crippen LogP contribution in [0.1, 0.15) is 11.1 Å². The van der Waals surface area contributed by atoms with Crippen LogP contribution in [0.3, 0.4) is 0 Å². The molecule has 0 saturated heterocycles. The maximum Gasteiger partial charge on any atom is 0.160 e. The van der Waals surface area contributed by atoms with Gasteiger partial charge < -0.3 is 4.74 Å². The predicted molar refractivity (Wildman–Crippen MR) is 76.6 cm³/mol. The first-order valence-electron chi connectivity index (χ1n) is 5.51. The van der Waals surface area contributed by atoms with Crippen LogP contribution in [0.4, 0.5) is 0 Å². The lowest BCUT2D eigenvalue weighted by atomic mass is 10.2. The van der Waals surface area contributed by atoms with E-state index in [1.807, 2.05) is 19.9 Å². The summed E-state index contributed by atoms with van der Waals surface area (Å²) in [5.41, 5.74) is 2.17. The van der Waals surface area contributed by atoms with Crippen molar-refractivity contribution in [1.82, 2.24) is 0 Å². The van der Waals surface area contributed by atoms with Crippen molar-refractivity contribution in [3.05, 3.63) is 45.4 Å². The number of ether oxygens (including phenoxy) is 1. The van der Waals surface area contributed by atoms with Gasteiger partial charge in [-0.2, -0.15) is 0 Å². The average molecular weight is 297 g/mol.